The Hall–Kier alpha value is -1.12. The van der Waals surface area contributed by atoms with Gasteiger partial charge in [0.25, 0.3) is 0 Å². The van der Waals surface area contributed by atoms with E-state index in [1.165, 1.54) is 18.5 Å². The van der Waals surface area contributed by atoms with Gasteiger partial charge in [0.2, 0.25) is 0 Å². The number of nitrogens with zero attached hydrogens (tertiary/aromatic N) is 2. The maximum absolute atomic E-state index is 4.70. The van der Waals surface area contributed by atoms with Crippen LogP contribution in [0.5, 0.6) is 0 Å². The molecule has 0 radical (unpaired) electrons. The van der Waals surface area contributed by atoms with Crippen molar-refractivity contribution in [3.8, 4) is 0 Å². The number of rotatable bonds is 3. The summed E-state index contributed by atoms with van der Waals surface area (Å²) in [6.45, 7) is 9.48. The standard InChI is InChI=1S/C13H21N3/c1-5-14-11-8-10(9-6-7-9)15-12(16-11)13(2,3)4/h8-9H,5-7H2,1-4H3,(H,14,15,16). The van der Waals surface area contributed by atoms with Gasteiger partial charge in [0.15, 0.2) is 0 Å². The third-order valence-corrected chi connectivity index (χ3v) is 2.77. The maximum Gasteiger partial charge on any atom is 0.136 e. The molecule has 1 N–H and O–H groups in total. The van der Waals surface area contributed by atoms with Crippen LogP contribution in [0, 0.1) is 0 Å². The molecule has 3 heteroatoms. The molecular formula is C13H21N3. The van der Waals surface area contributed by atoms with Crippen molar-refractivity contribution in [3.63, 3.8) is 0 Å². The lowest BCUT2D eigenvalue weighted by molar-refractivity contribution is 0.542. The van der Waals surface area contributed by atoms with E-state index in [1.807, 2.05) is 0 Å². The van der Waals surface area contributed by atoms with E-state index >= 15 is 0 Å². The number of hydrogen-bond donors (Lipinski definition) is 1. The normalized spacial score (nSPS) is 16.2. The lowest BCUT2D eigenvalue weighted by Crippen LogP contribution is -2.18. The molecule has 16 heavy (non-hydrogen) atoms. The highest BCUT2D eigenvalue weighted by atomic mass is 15.0. The van der Waals surface area contributed by atoms with Crippen LogP contribution < -0.4 is 5.32 Å². The minimum atomic E-state index is 0.0229. The first kappa shape index (κ1) is 11.4. The van der Waals surface area contributed by atoms with Gasteiger partial charge in [0.05, 0.1) is 0 Å². The van der Waals surface area contributed by atoms with E-state index in [0.29, 0.717) is 5.92 Å². The lowest BCUT2D eigenvalue weighted by Gasteiger charge is -2.18. The Bertz CT molecular complexity index is 375. The molecule has 0 atom stereocenters. The highest BCUT2D eigenvalue weighted by Crippen LogP contribution is 2.40. The minimum absolute atomic E-state index is 0.0229. The van der Waals surface area contributed by atoms with Gasteiger partial charge in [0.1, 0.15) is 11.6 Å². The summed E-state index contributed by atoms with van der Waals surface area (Å²) in [6.07, 6.45) is 2.57. The van der Waals surface area contributed by atoms with Crippen molar-refractivity contribution in [2.75, 3.05) is 11.9 Å². The van der Waals surface area contributed by atoms with Gasteiger partial charge in [-0.1, -0.05) is 20.8 Å². The second-order valence-electron chi connectivity index (χ2n) is 5.56. The lowest BCUT2D eigenvalue weighted by atomic mass is 9.95. The summed E-state index contributed by atoms with van der Waals surface area (Å²) in [4.78, 5) is 9.28. The van der Waals surface area contributed by atoms with E-state index in [0.717, 1.165) is 18.2 Å². The Morgan fingerprint density at radius 2 is 2.00 bits per heavy atom. The Balaban J connectivity index is 2.36. The first-order valence-electron chi connectivity index (χ1n) is 6.14. The van der Waals surface area contributed by atoms with Crippen molar-refractivity contribution in [2.24, 2.45) is 0 Å². The summed E-state index contributed by atoms with van der Waals surface area (Å²) in [5.41, 5.74) is 1.24. The zero-order valence-corrected chi connectivity index (χ0v) is 10.7. The molecule has 1 aliphatic carbocycles. The third kappa shape index (κ3) is 2.52. The van der Waals surface area contributed by atoms with E-state index < -0.39 is 0 Å². The summed E-state index contributed by atoms with van der Waals surface area (Å²) in [6, 6.07) is 2.11. The molecule has 1 aromatic rings. The SMILES string of the molecule is CCNc1cc(C2CC2)nc(C(C)(C)C)n1. The first-order chi connectivity index (χ1) is 7.50. The summed E-state index contributed by atoms with van der Waals surface area (Å²) in [5, 5.41) is 3.29. The minimum Gasteiger partial charge on any atom is -0.370 e. The molecule has 3 nitrogen and oxygen atoms in total. The average Bonchev–Trinajstić information content (AvgIpc) is 2.99. The van der Waals surface area contributed by atoms with Gasteiger partial charge in [-0.3, -0.25) is 0 Å². The molecule has 1 heterocycles. The fraction of sp³-hybridized carbons (Fsp3) is 0.692. The number of hydrogen-bond acceptors (Lipinski definition) is 3. The topological polar surface area (TPSA) is 37.8 Å². The van der Waals surface area contributed by atoms with Gasteiger partial charge in [0, 0.05) is 29.6 Å². The first-order valence-corrected chi connectivity index (χ1v) is 6.14. The molecule has 0 unspecified atom stereocenters. The van der Waals surface area contributed by atoms with Gasteiger partial charge in [-0.2, -0.15) is 0 Å². The Morgan fingerprint density at radius 1 is 1.31 bits per heavy atom. The van der Waals surface area contributed by atoms with Crippen LogP contribution in [0.3, 0.4) is 0 Å². The summed E-state index contributed by atoms with van der Waals surface area (Å²) >= 11 is 0. The second-order valence-corrected chi connectivity index (χ2v) is 5.56. The molecule has 1 saturated carbocycles. The van der Waals surface area contributed by atoms with Crippen LogP contribution in [0.25, 0.3) is 0 Å². The molecule has 88 valence electrons. The highest BCUT2D eigenvalue weighted by Gasteiger charge is 2.28. The Labute approximate surface area is 97.7 Å². The van der Waals surface area contributed by atoms with Gasteiger partial charge in [-0.15, -0.1) is 0 Å². The fourth-order valence-corrected chi connectivity index (χ4v) is 1.66. The predicted octanol–water partition coefficient (Wildman–Crippen LogP) is 3.08. The van der Waals surface area contributed by atoms with Crippen LogP contribution in [-0.4, -0.2) is 16.5 Å². The maximum atomic E-state index is 4.70. The van der Waals surface area contributed by atoms with Gasteiger partial charge >= 0.3 is 0 Å². The zero-order valence-electron chi connectivity index (χ0n) is 10.7. The molecule has 0 aliphatic heterocycles. The molecule has 1 fully saturated rings. The van der Waals surface area contributed by atoms with E-state index in [1.54, 1.807) is 0 Å². The van der Waals surface area contributed by atoms with Crippen LogP contribution in [0.15, 0.2) is 6.07 Å². The smallest absolute Gasteiger partial charge is 0.136 e. The molecule has 0 bridgehead atoms. The van der Waals surface area contributed by atoms with Crippen LogP contribution in [-0.2, 0) is 5.41 Å². The molecule has 0 amide bonds. The third-order valence-electron chi connectivity index (χ3n) is 2.77. The van der Waals surface area contributed by atoms with Crippen LogP contribution in [0.2, 0.25) is 0 Å². The van der Waals surface area contributed by atoms with E-state index in [2.05, 4.69) is 44.1 Å². The number of aromatic nitrogens is 2. The predicted molar refractivity (Wildman–Crippen MR) is 66.9 cm³/mol. The Morgan fingerprint density at radius 3 is 2.50 bits per heavy atom. The quantitative estimate of drug-likeness (QED) is 0.849. The van der Waals surface area contributed by atoms with Crippen molar-refractivity contribution in [1.29, 1.82) is 0 Å². The van der Waals surface area contributed by atoms with Crippen molar-refractivity contribution in [2.45, 2.75) is 51.9 Å². The number of nitrogens with one attached hydrogen (secondary N) is 1. The molecule has 0 spiro atoms. The summed E-state index contributed by atoms with van der Waals surface area (Å²) in [7, 11) is 0. The largest absolute Gasteiger partial charge is 0.370 e. The molecule has 0 saturated heterocycles. The summed E-state index contributed by atoms with van der Waals surface area (Å²) in [5.74, 6) is 2.61. The Kier molecular flexibility index (Phi) is 2.87. The van der Waals surface area contributed by atoms with Crippen LogP contribution >= 0.6 is 0 Å². The van der Waals surface area contributed by atoms with Crippen molar-refractivity contribution < 1.29 is 0 Å². The molecule has 2 rings (SSSR count). The van der Waals surface area contributed by atoms with Crippen LogP contribution in [0.1, 0.15) is 58.0 Å². The molecule has 0 aromatic carbocycles. The van der Waals surface area contributed by atoms with Crippen molar-refractivity contribution in [3.05, 3.63) is 17.6 Å². The van der Waals surface area contributed by atoms with Crippen molar-refractivity contribution in [1.82, 2.24) is 9.97 Å². The van der Waals surface area contributed by atoms with Gasteiger partial charge in [-0.05, 0) is 19.8 Å². The average molecular weight is 219 g/mol. The van der Waals surface area contributed by atoms with Gasteiger partial charge in [-0.25, -0.2) is 9.97 Å². The van der Waals surface area contributed by atoms with E-state index in [-0.39, 0.29) is 5.41 Å². The second kappa shape index (κ2) is 4.04. The van der Waals surface area contributed by atoms with Gasteiger partial charge < -0.3 is 5.32 Å². The molecule has 1 aromatic heterocycles. The van der Waals surface area contributed by atoms with Crippen molar-refractivity contribution >= 4 is 5.82 Å². The summed E-state index contributed by atoms with van der Waals surface area (Å²) < 4.78 is 0. The highest BCUT2D eigenvalue weighted by molar-refractivity contribution is 5.38. The van der Waals surface area contributed by atoms with Crippen LogP contribution in [0.4, 0.5) is 5.82 Å². The number of anilines is 1. The zero-order chi connectivity index (χ0) is 11.8. The fourth-order valence-electron chi connectivity index (χ4n) is 1.66. The van der Waals surface area contributed by atoms with E-state index in [9.17, 15) is 0 Å². The monoisotopic (exact) mass is 219 g/mol. The molecule has 1 aliphatic rings. The van der Waals surface area contributed by atoms with E-state index in [4.69, 9.17) is 4.98 Å². The molecular weight excluding hydrogens is 198 g/mol.